The van der Waals surface area contributed by atoms with Crippen LogP contribution >= 0.6 is 0 Å². The Morgan fingerprint density at radius 2 is 2.00 bits per heavy atom. The molecule has 0 radical (unpaired) electrons. The van der Waals surface area contributed by atoms with E-state index in [1.54, 1.807) is 4.90 Å². The largest absolute Gasteiger partial charge is 0.481 e. The highest BCUT2D eigenvalue weighted by molar-refractivity contribution is 6.03. The summed E-state index contributed by atoms with van der Waals surface area (Å²) in [4.78, 5) is 24.1. The van der Waals surface area contributed by atoms with Crippen LogP contribution in [0.15, 0.2) is 24.3 Å². The number of nitrogens with zero attached hydrogens (tertiary/aromatic N) is 1. The Kier molecular flexibility index (Phi) is 3.42. The first-order valence-electron chi connectivity index (χ1n) is 5.78. The van der Waals surface area contributed by atoms with E-state index in [0.717, 1.165) is 30.5 Å². The molecule has 1 aromatic rings. The SMILES string of the molecule is O=C(O)CC(=O)N1CCCCc2ccccc21. The molecule has 4 heteroatoms. The van der Waals surface area contributed by atoms with E-state index in [1.165, 1.54) is 0 Å². The Hall–Kier alpha value is -1.84. The maximum Gasteiger partial charge on any atom is 0.312 e. The van der Waals surface area contributed by atoms with Gasteiger partial charge in [0, 0.05) is 12.2 Å². The summed E-state index contributed by atoms with van der Waals surface area (Å²) in [7, 11) is 0. The standard InChI is InChI=1S/C13H15NO3/c15-12(9-13(16)17)14-8-4-3-6-10-5-1-2-7-11(10)14/h1-2,5,7H,3-4,6,8-9H2,(H,16,17). The Bertz CT molecular complexity index is 442. The minimum absolute atomic E-state index is 0.327. The molecule has 4 nitrogen and oxygen atoms in total. The molecule has 90 valence electrons. The third-order valence-electron chi connectivity index (χ3n) is 2.96. The summed E-state index contributed by atoms with van der Waals surface area (Å²) >= 11 is 0. The lowest BCUT2D eigenvalue weighted by atomic mass is 10.1. The van der Waals surface area contributed by atoms with E-state index in [2.05, 4.69) is 0 Å². The first-order chi connectivity index (χ1) is 8.18. The monoisotopic (exact) mass is 233 g/mol. The van der Waals surface area contributed by atoms with Crippen molar-refractivity contribution in [3.05, 3.63) is 29.8 Å². The molecular weight excluding hydrogens is 218 g/mol. The second-order valence-electron chi connectivity index (χ2n) is 4.20. The third kappa shape index (κ3) is 2.64. The summed E-state index contributed by atoms with van der Waals surface area (Å²) in [5, 5.41) is 8.69. The average molecular weight is 233 g/mol. The van der Waals surface area contributed by atoms with Gasteiger partial charge in [0.1, 0.15) is 6.42 Å². The van der Waals surface area contributed by atoms with Crippen LogP contribution in [0, 0.1) is 0 Å². The summed E-state index contributed by atoms with van der Waals surface area (Å²) < 4.78 is 0. The van der Waals surface area contributed by atoms with Gasteiger partial charge in [-0.15, -0.1) is 0 Å². The minimum Gasteiger partial charge on any atom is -0.481 e. The fourth-order valence-corrected chi connectivity index (χ4v) is 2.18. The zero-order chi connectivity index (χ0) is 12.3. The van der Waals surface area contributed by atoms with Gasteiger partial charge in [-0.1, -0.05) is 18.2 Å². The summed E-state index contributed by atoms with van der Waals surface area (Å²) in [5.74, 6) is -1.40. The van der Waals surface area contributed by atoms with E-state index in [0.29, 0.717) is 6.54 Å². The van der Waals surface area contributed by atoms with Crippen LogP contribution in [0.1, 0.15) is 24.8 Å². The van der Waals surface area contributed by atoms with E-state index in [4.69, 9.17) is 5.11 Å². The van der Waals surface area contributed by atoms with Gasteiger partial charge in [0.15, 0.2) is 0 Å². The van der Waals surface area contributed by atoms with Crippen molar-refractivity contribution in [1.82, 2.24) is 0 Å². The van der Waals surface area contributed by atoms with Crippen molar-refractivity contribution >= 4 is 17.6 Å². The first-order valence-corrected chi connectivity index (χ1v) is 5.78. The minimum atomic E-state index is -1.07. The predicted molar refractivity (Wildman–Crippen MR) is 64.0 cm³/mol. The fourth-order valence-electron chi connectivity index (χ4n) is 2.18. The summed E-state index contributed by atoms with van der Waals surface area (Å²) in [6, 6.07) is 7.72. The number of hydrogen-bond acceptors (Lipinski definition) is 2. The first kappa shape index (κ1) is 11.6. The van der Waals surface area contributed by atoms with Gasteiger partial charge < -0.3 is 10.0 Å². The molecule has 1 heterocycles. The van der Waals surface area contributed by atoms with Crippen molar-refractivity contribution in [3.63, 3.8) is 0 Å². The van der Waals surface area contributed by atoms with Gasteiger partial charge in [-0.05, 0) is 30.9 Å². The van der Waals surface area contributed by atoms with Gasteiger partial charge in [-0.2, -0.15) is 0 Å². The van der Waals surface area contributed by atoms with Crippen LogP contribution in [-0.2, 0) is 16.0 Å². The number of carboxylic acid groups (broad SMARTS) is 1. The zero-order valence-electron chi connectivity index (χ0n) is 9.56. The van der Waals surface area contributed by atoms with Crippen LogP contribution in [-0.4, -0.2) is 23.5 Å². The van der Waals surface area contributed by atoms with E-state index in [9.17, 15) is 9.59 Å². The Balaban J connectivity index is 2.28. The smallest absolute Gasteiger partial charge is 0.312 e. The van der Waals surface area contributed by atoms with Crippen LogP contribution < -0.4 is 4.90 Å². The maximum absolute atomic E-state index is 11.9. The lowest BCUT2D eigenvalue weighted by Crippen LogP contribution is -2.33. The number of anilines is 1. The Morgan fingerprint density at radius 3 is 2.76 bits per heavy atom. The number of rotatable bonds is 2. The van der Waals surface area contributed by atoms with Crippen molar-refractivity contribution in [2.24, 2.45) is 0 Å². The van der Waals surface area contributed by atoms with Crippen molar-refractivity contribution in [1.29, 1.82) is 0 Å². The van der Waals surface area contributed by atoms with E-state index >= 15 is 0 Å². The molecule has 1 N–H and O–H groups in total. The molecule has 0 saturated heterocycles. The number of carbonyl (C=O) groups excluding carboxylic acids is 1. The van der Waals surface area contributed by atoms with Gasteiger partial charge in [-0.25, -0.2) is 0 Å². The molecule has 2 rings (SSSR count). The molecule has 0 spiro atoms. The molecule has 0 atom stereocenters. The molecule has 0 saturated carbocycles. The molecule has 1 aliphatic heterocycles. The second kappa shape index (κ2) is 4.99. The number of carboxylic acids is 1. The highest BCUT2D eigenvalue weighted by atomic mass is 16.4. The molecule has 1 aliphatic rings. The van der Waals surface area contributed by atoms with Crippen LogP contribution in [0.2, 0.25) is 0 Å². The van der Waals surface area contributed by atoms with Crippen LogP contribution in [0.4, 0.5) is 5.69 Å². The van der Waals surface area contributed by atoms with Gasteiger partial charge in [-0.3, -0.25) is 9.59 Å². The molecule has 0 aliphatic carbocycles. The van der Waals surface area contributed by atoms with E-state index in [-0.39, 0.29) is 5.91 Å². The van der Waals surface area contributed by atoms with Gasteiger partial charge in [0.2, 0.25) is 5.91 Å². The van der Waals surface area contributed by atoms with Crippen molar-refractivity contribution in [3.8, 4) is 0 Å². The van der Waals surface area contributed by atoms with Crippen LogP contribution in [0.5, 0.6) is 0 Å². The molecule has 0 bridgehead atoms. The average Bonchev–Trinajstić information content (AvgIpc) is 2.50. The normalized spacial score (nSPS) is 14.9. The topological polar surface area (TPSA) is 57.6 Å². The van der Waals surface area contributed by atoms with Crippen molar-refractivity contribution in [2.75, 3.05) is 11.4 Å². The number of aryl methyl sites for hydroxylation is 1. The summed E-state index contributed by atoms with van der Waals surface area (Å²) in [6.07, 6.45) is 2.47. The van der Waals surface area contributed by atoms with Gasteiger partial charge >= 0.3 is 5.97 Å². The Morgan fingerprint density at radius 1 is 1.24 bits per heavy atom. The summed E-state index contributed by atoms with van der Waals surface area (Å²) in [6.45, 7) is 0.614. The molecule has 0 unspecified atom stereocenters. The number of para-hydroxylation sites is 1. The van der Waals surface area contributed by atoms with Gasteiger partial charge in [0.05, 0.1) is 0 Å². The molecule has 17 heavy (non-hydrogen) atoms. The van der Waals surface area contributed by atoms with Crippen molar-refractivity contribution in [2.45, 2.75) is 25.7 Å². The number of amides is 1. The van der Waals surface area contributed by atoms with Crippen molar-refractivity contribution < 1.29 is 14.7 Å². The highest BCUT2D eigenvalue weighted by Gasteiger charge is 2.22. The Labute approximate surface area is 99.9 Å². The fraction of sp³-hybridized carbons (Fsp3) is 0.385. The number of fused-ring (bicyclic) bond motifs is 1. The molecule has 1 aromatic carbocycles. The van der Waals surface area contributed by atoms with Gasteiger partial charge in [0.25, 0.3) is 0 Å². The molecular formula is C13H15NO3. The highest BCUT2D eigenvalue weighted by Crippen LogP contribution is 2.26. The zero-order valence-corrected chi connectivity index (χ0v) is 9.56. The summed E-state index contributed by atoms with van der Waals surface area (Å²) in [5.41, 5.74) is 2.00. The maximum atomic E-state index is 11.9. The van der Waals surface area contributed by atoms with E-state index < -0.39 is 12.4 Å². The number of aliphatic carboxylic acids is 1. The number of benzene rings is 1. The number of carbonyl (C=O) groups is 2. The second-order valence-corrected chi connectivity index (χ2v) is 4.20. The lowest BCUT2D eigenvalue weighted by Gasteiger charge is -2.22. The van der Waals surface area contributed by atoms with E-state index in [1.807, 2.05) is 24.3 Å². The molecule has 0 aromatic heterocycles. The lowest BCUT2D eigenvalue weighted by molar-refractivity contribution is -0.140. The van der Waals surface area contributed by atoms with Crippen LogP contribution in [0.3, 0.4) is 0 Å². The molecule has 1 amide bonds. The number of hydrogen-bond donors (Lipinski definition) is 1. The third-order valence-corrected chi connectivity index (χ3v) is 2.96. The molecule has 0 fully saturated rings. The quantitative estimate of drug-likeness (QED) is 0.793. The van der Waals surface area contributed by atoms with Crippen LogP contribution in [0.25, 0.3) is 0 Å². The predicted octanol–water partition coefficient (Wildman–Crippen LogP) is 1.83.